The first-order valence-electron chi connectivity index (χ1n) is 5.42. The van der Waals surface area contributed by atoms with E-state index in [1.54, 1.807) is 6.08 Å². The summed E-state index contributed by atoms with van der Waals surface area (Å²) in [7, 11) is 0. The van der Waals surface area contributed by atoms with Crippen LogP contribution in [-0.2, 0) is 6.54 Å². The van der Waals surface area contributed by atoms with Gasteiger partial charge in [0.25, 0.3) is 6.43 Å². The van der Waals surface area contributed by atoms with Crippen molar-refractivity contribution >= 4 is 0 Å². The fraction of sp³-hybridized carbons (Fsp3) is 0.455. The number of fused-ring (bicyclic) bond motifs is 1. The number of allylic oxidation sites excluding steroid dienone is 1. The third-order valence-electron chi connectivity index (χ3n) is 2.85. The summed E-state index contributed by atoms with van der Waals surface area (Å²) in [4.78, 5) is 0. The highest BCUT2D eigenvalue weighted by atomic mass is 19.3. The molecule has 2 heterocycles. The largest absolute Gasteiger partial charge is 0.307 e. The normalized spacial score (nSPS) is 20.5. The second-order valence-electron chi connectivity index (χ2n) is 3.75. The molecular formula is C11H14F2N4. The summed E-state index contributed by atoms with van der Waals surface area (Å²) in [6, 6.07) is -0.203. The Hall–Kier alpha value is -1.56. The highest BCUT2D eigenvalue weighted by Crippen LogP contribution is 2.27. The van der Waals surface area contributed by atoms with Gasteiger partial charge in [-0.15, -0.1) is 10.2 Å². The Morgan fingerprint density at radius 2 is 2.35 bits per heavy atom. The Morgan fingerprint density at radius 1 is 1.59 bits per heavy atom. The summed E-state index contributed by atoms with van der Waals surface area (Å²) in [6.45, 7) is 6.66. The molecular weight excluding hydrogens is 226 g/mol. The predicted molar refractivity (Wildman–Crippen MR) is 59.7 cm³/mol. The third kappa shape index (κ3) is 2.00. The molecule has 1 N–H and O–H groups in total. The minimum atomic E-state index is -2.59. The van der Waals surface area contributed by atoms with Crippen molar-refractivity contribution in [1.82, 2.24) is 20.1 Å². The van der Waals surface area contributed by atoms with Crippen molar-refractivity contribution in [1.29, 1.82) is 0 Å². The molecule has 0 aliphatic carbocycles. The molecule has 0 bridgehead atoms. The van der Waals surface area contributed by atoms with E-state index in [1.165, 1.54) is 4.57 Å². The SMILES string of the molecule is C=C/C(=C\C)C1NCCn2c(C(F)F)nnc21. The van der Waals surface area contributed by atoms with Crippen LogP contribution in [0.25, 0.3) is 0 Å². The Kier molecular flexibility index (Phi) is 3.33. The molecule has 6 heteroatoms. The van der Waals surface area contributed by atoms with Crippen LogP contribution >= 0.6 is 0 Å². The van der Waals surface area contributed by atoms with Gasteiger partial charge in [0, 0.05) is 13.1 Å². The standard InChI is InChI=1S/C11H14F2N4/c1-3-7(4-2)8-10-15-16-11(9(12)13)17(10)6-5-14-8/h3-4,8-9,14H,1,5-6H2,2H3/b7-4+. The minimum absolute atomic E-state index is 0.203. The van der Waals surface area contributed by atoms with Crippen LogP contribution in [0.2, 0.25) is 0 Å². The Morgan fingerprint density at radius 3 is 2.94 bits per heavy atom. The first-order chi connectivity index (χ1) is 8.19. The number of nitrogens with one attached hydrogen (secondary N) is 1. The lowest BCUT2D eigenvalue weighted by Gasteiger charge is -2.25. The highest BCUT2D eigenvalue weighted by Gasteiger charge is 2.29. The van der Waals surface area contributed by atoms with Gasteiger partial charge in [0.1, 0.15) is 0 Å². The van der Waals surface area contributed by atoms with Gasteiger partial charge in [-0.1, -0.05) is 18.7 Å². The second kappa shape index (κ2) is 4.75. The molecule has 1 aliphatic rings. The average molecular weight is 240 g/mol. The Labute approximate surface area is 98.0 Å². The molecule has 0 spiro atoms. The molecule has 0 aromatic carbocycles. The zero-order chi connectivity index (χ0) is 12.4. The van der Waals surface area contributed by atoms with Crippen molar-refractivity contribution in [3.8, 4) is 0 Å². The van der Waals surface area contributed by atoms with Crippen LogP contribution in [0.4, 0.5) is 8.78 Å². The van der Waals surface area contributed by atoms with Gasteiger partial charge in [0.15, 0.2) is 11.6 Å². The summed E-state index contributed by atoms with van der Waals surface area (Å²) in [5.41, 5.74) is 0.916. The van der Waals surface area contributed by atoms with Crippen molar-refractivity contribution in [2.45, 2.75) is 25.9 Å². The highest BCUT2D eigenvalue weighted by molar-refractivity contribution is 5.28. The quantitative estimate of drug-likeness (QED) is 0.822. The third-order valence-corrected chi connectivity index (χ3v) is 2.85. The molecule has 0 saturated heterocycles. The number of nitrogens with zero attached hydrogens (tertiary/aromatic N) is 3. The summed E-state index contributed by atoms with van der Waals surface area (Å²) in [6.07, 6.45) is 0.994. The Bertz CT molecular complexity index is 450. The lowest BCUT2D eigenvalue weighted by Crippen LogP contribution is -2.35. The van der Waals surface area contributed by atoms with E-state index in [0.29, 0.717) is 18.9 Å². The van der Waals surface area contributed by atoms with Crippen molar-refractivity contribution in [2.75, 3.05) is 6.54 Å². The molecule has 1 unspecified atom stereocenters. The number of aromatic nitrogens is 3. The monoisotopic (exact) mass is 240 g/mol. The van der Waals surface area contributed by atoms with E-state index in [-0.39, 0.29) is 11.9 Å². The molecule has 0 fully saturated rings. The number of rotatable bonds is 3. The van der Waals surface area contributed by atoms with Gasteiger partial charge in [-0.3, -0.25) is 0 Å². The number of hydrogen-bond acceptors (Lipinski definition) is 3. The van der Waals surface area contributed by atoms with Gasteiger partial charge >= 0.3 is 0 Å². The molecule has 0 radical (unpaired) electrons. The van der Waals surface area contributed by atoms with Gasteiger partial charge in [-0.2, -0.15) is 0 Å². The fourth-order valence-corrected chi connectivity index (χ4v) is 2.01. The van der Waals surface area contributed by atoms with Crippen molar-refractivity contribution in [3.63, 3.8) is 0 Å². The van der Waals surface area contributed by atoms with E-state index in [2.05, 4.69) is 22.1 Å². The zero-order valence-electron chi connectivity index (χ0n) is 9.53. The molecule has 0 amide bonds. The lowest BCUT2D eigenvalue weighted by molar-refractivity contribution is 0.133. The molecule has 4 nitrogen and oxygen atoms in total. The molecule has 17 heavy (non-hydrogen) atoms. The van der Waals surface area contributed by atoms with E-state index in [4.69, 9.17) is 0 Å². The summed E-state index contributed by atoms with van der Waals surface area (Å²) in [5.74, 6) is 0.269. The fourth-order valence-electron chi connectivity index (χ4n) is 2.01. The van der Waals surface area contributed by atoms with Gasteiger partial charge in [0.2, 0.25) is 0 Å². The number of hydrogen-bond donors (Lipinski definition) is 1. The molecule has 1 aliphatic heterocycles. The van der Waals surface area contributed by atoms with Crippen molar-refractivity contribution in [3.05, 3.63) is 36.0 Å². The molecule has 92 valence electrons. The molecule has 1 aromatic heterocycles. The maximum atomic E-state index is 12.7. The van der Waals surface area contributed by atoms with Gasteiger partial charge < -0.3 is 9.88 Å². The Balaban J connectivity index is 2.42. The van der Waals surface area contributed by atoms with Crippen LogP contribution in [-0.4, -0.2) is 21.3 Å². The molecule has 1 atom stereocenters. The van der Waals surface area contributed by atoms with Gasteiger partial charge in [-0.25, -0.2) is 8.78 Å². The zero-order valence-corrected chi connectivity index (χ0v) is 9.53. The van der Waals surface area contributed by atoms with Crippen LogP contribution in [0.1, 0.15) is 31.0 Å². The van der Waals surface area contributed by atoms with Crippen LogP contribution in [0, 0.1) is 0 Å². The summed E-state index contributed by atoms with van der Waals surface area (Å²) >= 11 is 0. The van der Waals surface area contributed by atoms with E-state index in [9.17, 15) is 8.78 Å². The smallest absolute Gasteiger partial charge is 0.297 e. The van der Waals surface area contributed by atoms with E-state index in [1.807, 2.05) is 13.0 Å². The van der Waals surface area contributed by atoms with Crippen LogP contribution in [0.5, 0.6) is 0 Å². The topological polar surface area (TPSA) is 42.7 Å². The lowest BCUT2D eigenvalue weighted by atomic mass is 10.0. The van der Waals surface area contributed by atoms with Gasteiger partial charge in [-0.05, 0) is 12.5 Å². The first-order valence-corrected chi connectivity index (χ1v) is 5.42. The second-order valence-corrected chi connectivity index (χ2v) is 3.75. The van der Waals surface area contributed by atoms with E-state index >= 15 is 0 Å². The molecule has 2 rings (SSSR count). The summed E-state index contributed by atoms with van der Waals surface area (Å²) in [5, 5.41) is 10.6. The minimum Gasteiger partial charge on any atom is -0.307 e. The van der Waals surface area contributed by atoms with Crippen molar-refractivity contribution < 1.29 is 8.78 Å². The van der Waals surface area contributed by atoms with E-state index in [0.717, 1.165) is 5.57 Å². The first kappa shape index (κ1) is 11.9. The maximum Gasteiger partial charge on any atom is 0.297 e. The van der Waals surface area contributed by atoms with Crippen LogP contribution in [0.3, 0.4) is 0 Å². The summed E-state index contributed by atoms with van der Waals surface area (Å²) < 4.78 is 26.9. The predicted octanol–water partition coefficient (Wildman–Crippen LogP) is 1.99. The number of alkyl halides is 2. The van der Waals surface area contributed by atoms with Gasteiger partial charge in [0.05, 0.1) is 6.04 Å². The maximum absolute atomic E-state index is 12.7. The number of halogens is 2. The molecule has 1 aromatic rings. The van der Waals surface area contributed by atoms with E-state index < -0.39 is 6.43 Å². The average Bonchev–Trinajstić information content (AvgIpc) is 2.75. The molecule has 0 saturated carbocycles. The van der Waals surface area contributed by atoms with Crippen LogP contribution < -0.4 is 5.32 Å². The van der Waals surface area contributed by atoms with Crippen LogP contribution in [0.15, 0.2) is 24.3 Å². The van der Waals surface area contributed by atoms with Crippen molar-refractivity contribution in [2.24, 2.45) is 0 Å².